The lowest BCUT2D eigenvalue weighted by atomic mass is 10.2. The van der Waals surface area contributed by atoms with Gasteiger partial charge in [-0.2, -0.15) is 0 Å². The fourth-order valence-electron chi connectivity index (χ4n) is 0.825. The van der Waals surface area contributed by atoms with E-state index in [-0.39, 0.29) is 0 Å². The SMILES string of the molecule is C=Cc1ccc(/C=C(\O)C(=O)O)nc1. The van der Waals surface area contributed by atoms with E-state index in [1.165, 1.54) is 6.20 Å². The third-order valence-electron chi connectivity index (χ3n) is 1.55. The molecule has 0 unspecified atom stereocenters. The molecule has 0 radical (unpaired) electrons. The molecule has 0 aliphatic rings. The number of hydrogen-bond acceptors (Lipinski definition) is 3. The molecule has 1 rings (SSSR count). The molecule has 0 aromatic carbocycles. The van der Waals surface area contributed by atoms with Crippen LogP contribution >= 0.6 is 0 Å². The molecule has 4 heteroatoms. The van der Waals surface area contributed by atoms with Crippen molar-refractivity contribution < 1.29 is 15.0 Å². The van der Waals surface area contributed by atoms with Gasteiger partial charge >= 0.3 is 5.97 Å². The molecule has 0 atom stereocenters. The van der Waals surface area contributed by atoms with E-state index in [0.717, 1.165) is 11.6 Å². The fraction of sp³-hybridized carbons (Fsp3) is 0. The molecule has 0 fully saturated rings. The second-order valence-corrected chi connectivity index (χ2v) is 2.56. The number of aromatic nitrogens is 1. The van der Waals surface area contributed by atoms with Crippen molar-refractivity contribution in [2.24, 2.45) is 0 Å². The number of carboxylic acid groups (broad SMARTS) is 1. The van der Waals surface area contributed by atoms with Gasteiger partial charge in [-0.25, -0.2) is 4.79 Å². The molecule has 0 amide bonds. The maximum atomic E-state index is 10.3. The average Bonchev–Trinajstić information content (AvgIpc) is 2.19. The largest absolute Gasteiger partial charge is 0.502 e. The third kappa shape index (κ3) is 2.45. The maximum Gasteiger partial charge on any atom is 0.371 e. The van der Waals surface area contributed by atoms with Gasteiger partial charge in [0.25, 0.3) is 0 Å². The molecule has 2 N–H and O–H groups in total. The second kappa shape index (κ2) is 4.23. The highest BCUT2D eigenvalue weighted by atomic mass is 16.4. The van der Waals surface area contributed by atoms with Crippen LogP contribution in [0.15, 0.2) is 30.7 Å². The number of carbonyl (C=O) groups is 1. The first-order valence-corrected chi connectivity index (χ1v) is 3.86. The summed E-state index contributed by atoms with van der Waals surface area (Å²) in [6.45, 7) is 3.55. The summed E-state index contributed by atoms with van der Waals surface area (Å²) in [5, 5.41) is 17.3. The summed E-state index contributed by atoms with van der Waals surface area (Å²) in [4.78, 5) is 14.2. The zero-order chi connectivity index (χ0) is 10.6. The Balaban J connectivity index is 2.93. The van der Waals surface area contributed by atoms with Crippen molar-refractivity contribution in [3.63, 3.8) is 0 Å². The predicted molar refractivity (Wildman–Crippen MR) is 52.6 cm³/mol. The number of aliphatic carboxylic acids is 1. The zero-order valence-electron chi connectivity index (χ0n) is 7.34. The Morgan fingerprint density at radius 1 is 1.43 bits per heavy atom. The van der Waals surface area contributed by atoms with Crippen LogP contribution in [0, 0.1) is 0 Å². The normalized spacial score (nSPS) is 11.0. The Labute approximate surface area is 80.8 Å². The molecule has 72 valence electrons. The molecule has 1 heterocycles. The van der Waals surface area contributed by atoms with E-state index in [1.807, 2.05) is 0 Å². The zero-order valence-corrected chi connectivity index (χ0v) is 7.34. The van der Waals surface area contributed by atoms with Gasteiger partial charge < -0.3 is 10.2 Å². The Morgan fingerprint density at radius 3 is 2.57 bits per heavy atom. The van der Waals surface area contributed by atoms with Gasteiger partial charge in [0, 0.05) is 12.3 Å². The minimum absolute atomic E-state index is 0.385. The molecular weight excluding hydrogens is 182 g/mol. The quantitative estimate of drug-likeness (QED) is 0.563. The molecule has 0 saturated carbocycles. The molecule has 0 bridgehead atoms. The van der Waals surface area contributed by atoms with Crippen LogP contribution in [0.2, 0.25) is 0 Å². The third-order valence-corrected chi connectivity index (χ3v) is 1.55. The number of aliphatic hydroxyl groups is 1. The van der Waals surface area contributed by atoms with Crippen LogP contribution in [-0.4, -0.2) is 21.2 Å². The number of aliphatic hydroxyl groups excluding tert-OH is 1. The van der Waals surface area contributed by atoms with E-state index >= 15 is 0 Å². The van der Waals surface area contributed by atoms with Crippen molar-refractivity contribution in [3.8, 4) is 0 Å². The van der Waals surface area contributed by atoms with Gasteiger partial charge in [0.1, 0.15) is 0 Å². The minimum Gasteiger partial charge on any atom is -0.502 e. The Morgan fingerprint density at radius 2 is 2.14 bits per heavy atom. The first kappa shape index (κ1) is 9.98. The Kier molecular flexibility index (Phi) is 3.01. The Bertz CT molecular complexity index is 379. The average molecular weight is 191 g/mol. The molecule has 1 aromatic rings. The highest BCUT2D eigenvalue weighted by molar-refractivity contribution is 5.88. The van der Waals surface area contributed by atoms with E-state index in [4.69, 9.17) is 10.2 Å². The fourth-order valence-corrected chi connectivity index (χ4v) is 0.825. The van der Waals surface area contributed by atoms with Gasteiger partial charge in [-0.3, -0.25) is 4.98 Å². The highest BCUT2D eigenvalue weighted by Crippen LogP contribution is 2.05. The van der Waals surface area contributed by atoms with Gasteiger partial charge in [-0.05, 0) is 11.6 Å². The molecule has 0 aliphatic heterocycles. The highest BCUT2D eigenvalue weighted by Gasteiger charge is 2.03. The van der Waals surface area contributed by atoms with E-state index in [0.29, 0.717) is 5.69 Å². The molecule has 0 spiro atoms. The summed E-state index contributed by atoms with van der Waals surface area (Å²) in [6, 6.07) is 3.32. The first-order chi connectivity index (χ1) is 6.63. The van der Waals surface area contributed by atoms with E-state index in [1.54, 1.807) is 18.2 Å². The molecule has 0 saturated heterocycles. The van der Waals surface area contributed by atoms with Crippen LogP contribution in [0.4, 0.5) is 0 Å². The van der Waals surface area contributed by atoms with Gasteiger partial charge in [0.05, 0.1) is 5.69 Å². The summed E-state index contributed by atoms with van der Waals surface area (Å²) < 4.78 is 0. The molecule has 1 aromatic heterocycles. The van der Waals surface area contributed by atoms with Gasteiger partial charge in [-0.1, -0.05) is 18.7 Å². The van der Waals surface area contributed by atoms with Gasteiger partial charge in [0.15, 0.2) is 0 Å². The Hall–Kier alpha value is -2.10. The summed E-state index contributed by atoms with van der Waals surface area (Å²) in [5.74, 6) is -2.11. The lowest BCUT2D eigenvalue weighted by Gasteiger charge is -1.95. The molecular formula is C10H9NO3. The molecule has 14 heavy (non-hydrogen) atoms. The van der Waals surface area contributed by atoms with Gasteiger partial charge in [-0.15, -0.1) is 0 Å². The standard InChI is InChI=1S/C10H9NO3/c1-2-7-3-4-8(11-6-7)5-9(12)10(13)14/h2-6,12H,1H2,(H,13,14)/b9-5-. The van der Waals surface area contributed by atoms with Crippen LogP contribution in [-0.2, 0) is 4.79 Å². The summed E-state index contributed by atoms with van der Waals surface area (Å²) >= 11 is 0. The smallest absolute Gasteiger partial charge is 0.371 e. The maximum absolute atomic E-state index is 10.3. The second-order valence-electron chi connectivity index (χ2n) is 2.56. The number of nitrogens with zero attached hydrogens (tertiary/aromatic N) is 1. The van der Waals surface area contributed by atoms with Crippen molar-refractivity contribution in [2.45, 2.75) is 0 Å². The van der Waals surface area contributed by atoms with Crippen molar-refractivity contribution in [1.29, 1.82) is 0 Å². The van der Waals surface area contributed by atoms with Crippen LogP contribution in [0.1, 0.15) is 11.3 Å². The van der Waals surface area contributed by atoms with Crippen molar-refractivity contribution in [1.82, 2.24) is 4.98 Å². The number of pyridine rings is 1. The van der Waals surface area contributed by atoms with E-state index in [9.17, 15) is 4.79 Å². The lowest BCUT2D eigenvalue weighted by Crippen LogP contribution is -1.98. The minimum atomic E-state index is -1.38. The summed E-state index contributed by atoms with van der Waals surface area (Å²) in [6.07, 6.45) is 4.24. The number of hydrogen-bond donors (Lipinski definition) is 2. The summed E-state index contributed by atoms with van der Waals surface area (Å²) in [5.41, 5.74) is 1.22. The van der Waals surface area contributed by atoms with E-state index in [2.05, 4.69) is 11.6 Å². The first-order valence-electron chi connectivity index (χ1n) is 3.86. The van der Waals surface area contributed by atoms with Crippen molar-refractivity contribution in [2.75, 3.05) is 0 Å². The number of rotatable bonds is 3. The van der Waals surface area contributed by atoms with Crippen molar-refractivity contribution >= 4 is 18.1 Å². The molecule has 4 nitrogen and oxygen atoms in total. The van der Waals surface area contributed by atoms with Crippen LogP contribution < -0.4 is 0 Å². The number of carboxylic acids is 1. The lowest BCUT2D eigenvalue weighted by molar-refractivity contribution is -0.135. The predicted octanol–water partition coefficient (Wildman–Crippen LogP) is 1.71. The summed E-state index contributed by atoms with van der Waals surface area (Å²) in [7, 11) is 0. The van der Waals surface area contributed by atoms with Crippen LogP contribution in [0.25, 0.3) is 12.2 Å². The monoisotopic (exact) mass is 191 g/mol. The molecule has 0 aliphatic carbocycles. The van der Waals surface area contributed by atoms with Crippen LogP contribution in [0.5, 0.6) is 0 Å². The topological polar surface area (TPSA) is 70.4 Å². The van der Waals surface area contributed by atoms with Crippen LogP contribution in [0.3, 0.4) is 0 Å². The van der Waals surface area contributed by atoms with Gasteiger partial charge in [0.2, 0.25) is 5.76 Å². The van der Waals surface area contributed by atoms with E-state index < -0.39 is 11.7 Å². The van der Waals surface area contributed by atoms with Crippen molar-refractivity contribution in [3.05, 3.63) is 41.9 Å².